The van der Waals surface area contributed by atoms with E-state index in [0.717, 1.165) is 0 Å². The number of nitrogens with one attached hydrogen (secondary N) is 1. The summed E-state index contributed by atoms with van der Waals surface area (Å²) in [6, 6.07) is 5.91. The van der Waals surface area contributed by atoms with Gasteiger partial charge in [-0.05, 0) is 27.7 Å². The third-order valence-corrected chi connectivity index (χ3v) is 3.99. The fourth-order valence-electron chi connectivity index (χ4n) is 2.88. The first-order valence-corrected chi connectivity index (χ1v) is 8.91. The van der Waals surface area contributed by atoms with Crippen LogP contribution in [0.5, 0.6) is 0 Å². The molecule has 1 aromatic carbocycles. The molecule has 0 atom stereocenters. The molecule has 10 nitrogen and oxygen atoms in total. The van der Waals surface area contributed by atoms with Crippen LogP contribution in [-0.4, -0.2) is 30.4 Å². The lowest BCUT2D eigenvalue weighted by molar-refractivity contribution is -0.385. The van der Waals surface area contributed by atoms with Crippen LogP contribution in [0, 0.1) is 10.1 Å². The zero-order valence-electron chi connectivity index (χ0n) is 16.5. The number of para-hydroxylation sites is 1. The van der Waals surface area contributed by atoms with Gasteiger partial charge in [0.25, 0.3) is 5.69 Å². The fourth-order valence-corrected chi connectivity index (χ4v) is 2.88. The van der Waals surface area contributed by atoms with Gasteiger partial charge in [-0.15, -0.1) is 0 Å². The van der Waals surface area contributed by atoms with Crippen molar-refractivity contribution in [3.05, 3.63) is 62.9 Å². The van der Waals surface area contributed by atoms with Crippen LogP contribution >= 0.6 is 0 Å². The molecule has 1 aromatic rings. The maximum atomic E-state index is 12.0. The van der Waals surface area contributed by atoms with E-state index in [2.05, 4.69) is 5.32 Å². The maximum Gasteiger partial charge on any atom is 0.513 e. The van der Waals surface area contributed by atoms with Gasteiger partial charge in [-0.3, -0.25) is 10.1 Å². The van der Waals surface area contributed by atoms with E-state index < -0.39 is 23.2 Å². The topological polar surface area (TPSA) is 126 Å². The lowest BCUT2D eigenvalue weighted by Gasteiger charge is -2.29. The summed E-state index contributed by atoms with van der Waals surface area (Å²) in [4.78, 5) is 35.0. The summed E-state index contributed by atoms with van der Waals surface area (Å²) in [6.45, 7) is 6.63. The molecule has 156 valence electrons. The highest BCUT2D eigenvalue weighted by Gasteiger charge is 2.38. The third kappa shape index (κ3) is 5.03. The summed E-state index contributed by atoms with van der Waals surface area (Å²) in [5.41, 5.74) is 0.774. The third-order valence-electron chi connectivity index (χ3n) is 3.99. The molecule has 0 aromatic heterocycles. The number of benzene rings is 1. The van der Waals surface area contributed by atoms with Gasteiger partial charge in [-0.2, -0.15) is 0 Å². The van der Waals surface area contributed by atoms with E-state index >= 15 is 0 Å². The number of nitrogens with zero attached hydrogens (tertiary/aromatic N) is 1. The second-order valence-electron chi connectivity index (χ2n) is 5.92. The predicted molar refractivity (Wildman–Crippen MR) is 101 cm³/mol. The highest BCUT2D eigenvalue weighted by Crippen LogP contribution is 2.42. The van der Waals surface area contributed by atoms with E-state index in [1.807, 2.05) is 0 Å². The van der Waals surface area contributed by atoms with Gasteiger partial charge in [0, 0.05) is 11.6 Å². The van der Waals surface area contributed by atoms with Gasteiger partial charge in [0.2, 0.25) is 0 Å². The summed E-state index contributed by atoms with van der Waals surface area (Å²) in [5.74, 6) is -1.02. The monoisotopic (exact) mass is 406 g/mol. The largest absolute Gasteiger partial charge is 0.513 e. The average Bonchev–Trinajstić information content (AvgIpc) is 2.66. The van der Waals surface area contributed by atoms with Crippen molar-refractivity contribution < 1.29 is 33.5 Å². The van der Waals surface area contributed by atoms with Crippen LogP contribution in [0.4, 0.5) is 15.3 Å². The molecule has 29 heavy (non-hydrogen) atoms. The summed E-state index contributed by atoms with van der Waals surface area (Å²) >= 11 is 0. The van der Waals surface area contributed by atoms with E-state index in [4.69, 9.17) is 18.9 Å². The molecule has 0 saturated carbocycles. The molecular weight excluding hydrogens is 384 g/mol. The number of dihydropyridines is 1. The van der Waals surface area contributed by atoms with Crippen LogP contribution in [0.25, 0.3) is 0 Å². The molecule has 0 saturated heterocycles. The number of nitro groups is 1. The number of hydrogen-bond acceptors (Lipinski definition) is 9. The molecule has 0 fully saturated rings. The van der Waals surface area contributed by atoms with Crippen molar-refractivity contribution in [3.63, 3.8) is 0 Å². The van der Waals surface area contributed by atoms with Gasteiger partial charge in [-0.25, -0.2) is 9.59 Å². The highest BCUT2D eigenvalue weighted by molar-refractivity contribution is 5.66. The molecule has 1 aliphatic rings. The summed E-state index contributed by atoms with van der Waals surface area (Å²) in [5, 5.41) is 14.5. The summed E-state index contributed by atoms with van der Waals surface area (Å²) in [7, 11) is 0. The summed E-state index contributed by atoms with van der Waals surface area (Å²) in [6.07, 6.45) is -1.97. The van der Waals surface area contributed by atoms with Crippen molar-refractivity contribution >= 4 is 18.0 Å². The highest BCUT2D eigenvalue weighted by atomic mass is 16.7. The van der Waals surface area contributed by atoms with E-state index in [1.54, 1.807) is 33.8 Å². The predicted octanol–water partition coefficient (Wildman–Crippen LogP) is 4.09. The van der Waals surface area contributed by atoms with Crippen molar-refractivity contribution in [2.24, 2.45) is 0 Å². The Morgan fingerprint density at radius 3 is 1.93 bits per heavy atom. The van der Waals surface area contributed by atoms with Gasteiger partial charge in [0.05, 0.1) is 29.5 Å². The Labute approximate surface area is 167 Å². The number of ether oxygens (including phenoxy) is 4. The number of carbonyl (C=O) groups is 2. The van der Waals surface area contributed by atoms with Crippen LogP contribution in [0.1, 0.15) is 39.2 Å². The van der Waals surface area contributed by atoms with Crippen molar-refractivity contribution in [3.8, 4) is 0 Å². The number of carbonyl (C=O) groups excluding carboxylic acids is 2. The van der Waals surface area contributed by atoms with Gasteiger partial charge in [0.1, 0.15) is 17.4 Å². The molecule has 0 spiro atoms. The minimum absolute atomic E-state index is 0.0163. The van der Waals surface area contributed by atoms with Gasteiger partial charge in [-0.1, -0.05) is 18.2 Å². The molecule has 2 rings (SSSR count). The first-order valence-electron chi connectivity index (χ1n) is 8.91. The molecule has 0 bridgehead atoms. The number of hydrogen-bond donors (Lipinski definition) is 1. The first-order chi connectivity index (χ1) is 13.8. The molecule has 1 aliphatic heterocycles. The van der Waals surface area contributed by atoms with E-state index in [1.165, 1.54) is 18.2 Å². The zero-order valence-corrected chi connectivity index (χ0v) is 16.5. The number of allylic oxidation sites excluding steroid dienone is 2. The molecule has 0 radical (unpaired) electrons. The Kier molecular flexibility index (Phi) is 7.18. The molecule has 0 aliphatic carbocycles. The van der Waals surface area contributed by atoms with Crippen molar-refractivity contribution in [2.45, 2.75) is 33.6 Å². The van der Waals surface area contributed by atoms with E-state index in [-0.39, 0.29) is 36.0 Å². The second kappa shape index (κ2) is 9.58. The molecular formula is C19H22N2O8. The van der Waals surface area contributed by atoms with Crippen molar-refractivity contribution in [2.75, 3.05) is 13.2 Å². The van der Waals surface area contributed by atoms with Crippen LogP contribution in [0.2, 0.25) is 0 Å². The van der Waals surface area contributed by atoms with Crippen LogP contribution in [0.15, 0.2) is 47.2 Å². The quantitative estimate of drug-likeness (QED) is 0.422. The van der Waals surface area contributed by atoms with Gasteiger partial charge >= 0.3 is 12.3 Å². The molecule has 0 amide bonds. The second-order valence-corrected chi connectivity index (χ2v) is 5.92. The zero-order chi connectivity index (χ0) is 21.6. The normalized spacial score (nSPS) is 14.2. The number of nitro benzene ring substituents is 1. The Balaban J connectivity index is 2.61. The summed E-state index contributed by atoms with van der Waals surface area (Å²) < 4.78 is 20.3. The van der Waals surface area contributed by atoms with Crippen molar-refractivity contribution in [1.82, 2.24) is 5.32 Å². The Morgan fingerprint density at radius 2 is 1.48 bits per heavy atom. The first kappa shape index (κ1) is 21.7. The van der Waals surface area contributed by atoms with E-state index in [9.17, 15) is 19.7 Å². The Hall–Kier alpha value is -3.56. The molecule has 1 N–H and O–H groups in total. The minimum Gasteiger partial charge on any atom is -0.434 e. The fraction of sp³-hybridized carbons (Fsp3) is 0.368. The Morgan fingerprint density at radius 1 is 1.00 bits per heavy atom. The average molecular weight is 406 g/mol. The SMILES string of the molecule is CCOC(=O)OC1=C(C)NC(C)=C(OC(=O)OCC)C1c1ccccc1[N+](=O)[O-]. The Bertz CT molecular complexity index is 833. The smallest absolute Gasteiger partial charge is 0.434 e. The lowest BCUT2D eigenvalue weighted by atomic mass is 9.89. The lowest BCUT2D eigenvalue weighted by Crippen LogP contribution is -2.29. The van der Waals surface area contributed by atoms with Crippen LogP contribution in [0.3, 0.4) is 0 Å². The molecule has 10 heteroatoms. The van der Waals surface area contributed by atoms with Gasteiger partial charge < -0.3 is 24.3 Å². The minimum atomic E-state index is -1.05. The van der Waals surface area contributed by atoms with Crippen LogP contribution in [-0.2, 0) is 18.9 Å². The standard InChI is InChI=1S/C19H22N2O8/c1-5-26-18(22)28-16-11(3)20-12(4)17(29-19(23)27-6-2)15(16)13-9-7-8-10-14(13)21(24)25/h7-10,15,20H,5-6H2,1-4H3. The van der Waals surface area contributed by atoms with Crippen LogP contribution < -0.4 is 5.32 Å². The number of rotatable bonds is 6. The molecule has 1 heterocycles. The van der Waals surface area contributed by atoms with Crippen molar-refractivity contribution in [1.29, 1.82) is 0 Å². The van der Waals surface area contributed by atoms with Gasteiger partial charge in [0.15, 0.2) is 0 Å². The maximum absolute atomic E-state index is 12.0. The van der Waals surface area contributed by atoms with E-state index in [0.29, 0.717) is 11.4 Å². The molecule has 0 unspecified atom stereocenters.